The summed E-state index contributed by atoms with van der Waals surface area (Å²) in [5, 5.41) is 8.58. The number of ether oxygens (including phenoxy) is 1. The van der Waals surface area contributed by atoms with Crippen molar-refractivity contribution in [3.05, 3.63) is 54.2 Å². The molecule has 0 radical (unpaired) electrons. The molecule has 1 aromatic carbocycles. The van der Waals surface area contributed by atoms with Crippen molar-refractivity contribution in [2.75, 3.05) is 10.6 Å². The van der Waals surface area contributed by atoms with Crippen molar-refractivity contribution in [3.63, 3.8) is 0 Å². The molecule has 0 atom stereocenters. The molecule has 0 spiro atoms. The Labute approximate surface area is 192 Å². The van der Waals surface area contributed by atoms with Crippen molar-refractivity contribution in [3.8, 4) is 11.4 Å². The number of benzene rings is 1. The summed E-state index contributed by atoms with van der Waals surface area (Å²) in [6.07, 6.45) is -2.49. The first kappa shape index (κ1) is 24.7. The summed E-state index contributed by atoms with van der Waals surface area (Å²) in [6.45, 7) is 4.92. The summed E-state index contributed by atoms with van der Waals surface area (Å²) in [4.78, 5) is 32.6. The quantitative estimate of drug-likeness (QED) is 0.509. The summed E-state index contributed by atoms with van der Waals surface area (Å²) in [7, 11) is 0. The molecule has 0 saturated heterocycles. The molecule has 2 amide bonds. The fourth-order valence-electron chi connectivity index (χ4n) is 2.75. The number of carbonyl (C=O) groups excluding carboxylic acids is 2. The molecule has 2 N–H and O–H groups in total. The van der Waals surface area contributed by atoms with Crippen LogP contribution in [0.25, 0.3) is 11.4 Å². The molecule has 0 aliphatic rings. The van der Waals surface area contributed by atoms with E-state index >= 15 is 0 Å². The minimum absolute atomic E-state index is 0.0478. The number of pyridine rings is 1. The number of hydrogen-bond acceptors (Lipinski definition) is 7. The standard InChI is InChI=1S/C22H22F3N5O4/c1-21(2,3)33-20(32)28-15-5-4-14(22(23,24)25)12-16(15)27-17(31)6-7-18-29-19(30-34-18)13-8-10-26-11-9-13/h4-5,8-12H,6-7H2,1-3H3,(H,27,31)(H,28,32). The van der Waals surface area contributed by atoms with Gasteiger partial charge >= 0.3 is 12.3 Å². The molecule has 34 heavy (non-hydrogen) atoms. The number of anilines is 2. The smallest absolute Gasteiger partial charge is 0.416 e. The number of carbonyl (C=O) groups is 2. The second kappa shape index (κ2) is 9.89. The summed E-state index contributed by atoms with van der Waals surface area (Å²) >= 11 is 0. The molecule has 0 saturated carbocycles. The molecule has 180 valence electrons. The Morgan fingerprint density at radius 3 is 2.38 bits per heavy atom. The zero-order valence-electron chi connectivity index (χ0n) is 18.6. The number of nitrogens with zero attached hydrogens (tertiary/aromatic N) is 3. The van der Waals surface area contributed by atoms with E-state index in [0.29, 0.717) is 11.4 Å². The lowest BCUT2D eigenvalue weighted by Crippen LogP contribution is -2.27. The number of nitrogens with one attached hydrogen (secondary N) is 2. The SMILES string of the molecule is CC(C)(C)OC(=O)Nc1ccc(C(F)(F)F)cc1NC(=O)CCc1nc(-c2ccncc2)no1. The summed E-state index contributed by atoms with van der Waals surface area (Å²) in [6, 6.07) is 5.95. The molecule has 0 fully saturated rings. The molecule has 3 rings (SSSR count). The van der Waals surface area contributed by atoms with Gasteiger partial charge in [0.15, 0.2) is 0 Å². The topological polar surface area (TPSA) is 119 Å². The van der Waals surface area contributed by atoms with Gasteiger partial charge in [-0.3, -0.25) is 15.1 Å². The first-order chi connectivity index (χ1) is 15.9. The van der Waals surface area contributed by atoms with Gasteiger partial charge in [0.1, 0.15) is 5.60 Å². The first-order valence-electron chi connectivity index (χ1n) is 10.1. The molecule has 12 heteroatoms. The van der Waals surface area contributed by atoms with E-state index in [1.807, 2.05) is 0 Å². The minimum Gasteiger partial charge on any atom is -0.444 e. The highest BCUT2D eigenvalue weighted by atomic mass is 19.4. The minimum atomic E-state index is -4.64. The molecule has 2 heterocycles. The van der Waals surface area contributed by atoms with Gasteiger partial charge in [0, 0.05) is 30.8 Å². The van der Waals surface area contributed by atoms with Crippen molar-refractivity contribution in [1.82, 2.24) is 15.1 Å². The van der Waals surface area contributed by atoms with Crippen LogP contribution >= 0.6 is 0 Å². The third kappa shape index (κ3) is 7.02. The van der Waals surface area contributed by atoms with E-state index in [4.69, 9.17) is 9.26 Å². The Bertz CT molecular complexity index is 1160. The molecule has 0 bridgehead atoms. The Balaban J connectivity index is 1.70. The lowest BCUT2D eigenvalue weighted by atomic mass is 10.1. The van der Waals surface area contributed by atoms with Crippen LogP contribution in [-0.2, 0) is 22.1 Å². The van der Waals surface area contributed by atoms with Crippen molar-refractivity contribution in [1.29, 1.82) is 0 Å². The molecule has 0 aliphatic carbocycles. The number of rotatable bonds is 6. The lowest BCUT2D eigenvalue weighted by Gasteiger charge is -2.21. The van der Waals surface area contributed by atoms with Crippen LogP contribution in [0.5, 0.6) is 0 Å². The van der Waals surface area contributed by atoms with Crippen LogP contribution in [0, 0.1) is 0 Å². The maximum atomic E-state index is 13.2. The Morgan fingerprint density at radius 1 is 1.03 bits per heavy atom. The van der Waals surface area contributed by atoms with E-state index < -0.39 is 29.3 Å². The van der Waals surface area contributed by atoms with E-state index in [2.05, 4.69) is 25.8 Å². The van der Waals surface area contributed by atoms with Crippen LogP contribution in [0.4, 0.5) is 29.3 Å². The molecular weight excluding hydrogens is 455 g/mol. The first-order valence-corrected chi connectivity index (χ1v) is 10.1. The number of amides is 2. The van der Waals surface area contributed by atoms with Gasteiger partial charge in [-0.25, -0.2) is 4.79 Å². The summed E-state index contributed by atoms with van der Waals surface area (Å²) in [5.41, 5.74) is -1.41. The van der Waals surface area contributed by atoms with Gasteiger partial charge in [0.25, 0.3) is 0 Å². The molecule has 3 aromatic rings. The lowest BCUT2D eigenvalue weighted by molar-refractivity contribution is -0.137. The van der Waals surface area contributed by atoms with Crippen molar-refractivity contribution in [2.45, 2.75) is 45.4 Å². The van der Waals surface area contributed by atoms with Crippen LogP contribution in [-0.4, -0.2) is 32.7 Å². The van der Waals surface area contributed by atoms with E-state index in [-0.39, 0.29) is 30.1 Å². The third-order valence-corrected chi connectivity index (χ3v) is 4.23. The predicted molar refractivity (Wildman–Crippen MR) is 116 cm³/mol. The number of alkyl halides is 3. The van der Waals surface area contributed by atoms with Gasteiger partial charge in [-0.15, -0.1) is 0 Å². The van der Waals surface area contributed by atoms with Crippen LogP contribution in [0.1, 0.15) is 38.6 Å². The maximum absolute atomic E-state index is 13.2. The number of aromatic nitrogens is 3. The van der Waals surface area contributed by atoms with Crippen molar-refractivity contribution in [2.24, 2.45) is 0 Å². The van der Waals surface area contributed by atoms with Gasteiger partial charge < -0.3 is 14.6 Å². The van der Waals surface area contributed by atoms with Gasteiger partial charge in [-0.2, -0.15) is 18.2 Å². The molecule has 0 unspecified atom stereocenters. The number of aryl methyl sites for hydroxylation is 1. The average molecular weight is 477 g/mol. The van der Waals surface area contributed by atoms with Gasteiger partial charge in [-0.1, -0.05) is 5.16 Å². The summed E-state index contributed by atoms with van der Waals surface area (Å²) < 4.78 is 49.8. The van der Waals surface area contributed by atoms with Crippen LogP contribution in [0.15, 0.2) is 47.2 Å². The van der Waals surface area contributed by atoms with E-state index in [1.165, 1.54) is 0 Å². The predicted octanol–water partition coefficient (Wildman–Crippen LogP) is 5.07. The molecular formula is C22H22F3N5O4. The van der Waals surface area contributed by atoms with Gasteiger partial charge in [0.2, 0.25) is 17.6 Å². The van der Waals surface area contributed by atoms with E-state index in [0.717, 1.165) is 18.2 Å². The Morgan fingerprint density at radius 2 is 1.74 bits per heavy atom. The average Bonchev–Trinajstić information content (AvgIpc) is 3.21. The Kier molecular flexibility index (Phi) is 7.18. The van der Waals surface area contributed by atoms with Crippen LogP contribution in [0.2, 0.25) is 0 Å². The number of halogens is 3. The van der Waals surface area contributed by atoms with E-state index in [1.54, 1.807) is 45.3 Å². The molecule has 9 nitrogen and oxygen atoms in total. The van der Waals surface area contributed by atoms with Crippen LogP contribution in [0.3, 0.4) is 0 Å². The highest BCUT2D eigenvalue weighted by molar-refractivity contribution is 5.98. The normalized spacial score (nSPS) is 11.7. The summed E-state index contributed by atoms with van der Waals surface area (Å²) in [5.74, 6) is -0.118. The van der Waals surface area contributed by atoms with Crippen molar-refractivity contribution < 1.29 is 32.0 Å². The van der Waals surface area contributed by atoms with Crippen molar-refractivity contribution >= 4 is 23.4 Å². The highest BCUT2D eigenvalue weighted by Gasteiger charge is 2.31. The van der Waals surface area contributed by atoms with Crippen LogP contribution < -0.4 is 10.6 Å². The fraction of sp³-hybridized carbons (Fsp3) is 0.318. The number of hydrogen-bond donors (Lipinski definition) is 2. The fourth-order valence-corrected chi connectivity index (χ4v) is 2.75. The largest absolute Gasteiger partial charge is 0.444 e. The van der Waals surface area contributed by atoms with E-state index in [9.17, 15) is 22.8 Å². The monoisotopic (exact) mass is 477 g/mol. The second-order valence-corrected chi connectivity index (χ2v) is 8.18. The van der Waals surface area contributed by atoms with Gasteiger partial charge in [0.05, 0.1) is 16.9 Å². The molecule has 0 aliphatic heterocycles. The Hall–Kier alpha value is -3.96. The van der Waals surface area contributed by atoms with Gasteiger partial charge in [-0.05, 0) is 51.1 Å². The maximum Gasteiger partial charge on any atom is 0.416 e. The second-order valence-electron chi connectivity index (χ2n) is 8.18. The zero-order valence-corrected chi connectivity index (χ0v) is 18.6. The molecule has 2 aromatic heterocycles. The zero-order chi connectivity index (χ0) is 24.9. The highest BCUT2D eigenvalue weighted by Crippen LogP contribution is 2.34. The third-order valence-electron chi connectivity index (χ3n) is 4.23.